The van der Waals surface area contributed by atoms with Crippen molar-refractivity contribution >= 4 is 33.3 Å². The van der Waals surface area contributed by atoms with Gasteiger partial charge in [-0.15, -0.1) is 0 Å². The standard InChI is InChI=1S/C23H22BrF3N4O4/c1-33-17-8-14(9-18(34-2)20(17)35-3)29-22(32)15-11-28-31-19(23(25,26)27)10-16(30-21(15)31)12-4-6-13(24)7-5-12/h4-9,11,16,19,30H,10H2,1-3H3,(H,29,32)/t16-,19-/m1/s1. The van der Waals surface area contributed by atoms with Gasteiger partial charge in [0.25, 0.3) is 5.91 Å². The number of hydrogen-bond donors (Lipinski definition) is 2. The Hall–Kier alpha value is -3.41. The fourth-order valence-corrected chi connectivity index (χ4v) is 4.26. The molecule has 0 saturated heterocycles. The van der Waals surface area contributed by atoms with Crippen molar-refractivity contribution in [3.05, 3.63) is 58.2 Å². The molecular weight excluding hydrogens is 533 g/mol. The molecule has 0 saturated carbocycles. The summed E-state index contributed by atoms with van der Waals surface area (Å²) in [6.45, 7) is 0. The minimum absolute atomic E-state index is 0.0172. The number of amides is 1. The third kappa shape index (κ3) is 4.88. The number of carbonyl (C=O) groups excluding carboxylic acids is 1. The summed E-state index contributed by atoms with van der Waals surface area (Å²) < 4.78 is 59.3. The number of hydrogen-bond acceptors (Lipinski definition) is 6. The van der Waals surface area contributed by atoms with E-state index in [-0.39, 0.29) is 17.8 Å². The number of nitrogens with zero attached hydrogens (tertiary/aromatic N) is 2. The van der Waals surface area contributed by atoms with Crippen molar-refractivity contribution in [1.29, 1.82) is 0 Å². The average Bonchev–Trinajstić information content (AvgIpc) is 3.26. The van der Waals surface area contributed by atoms with Crippen LogP contribution in [0, 0.1) is 0 Å². The summed E-state index contributed by atoms with van der Waals surface area (Å²) in [5.41, 5.74) is 0.929. The van der Waals surface area contributed by atoms with Crippen LogP contribution in [0.3, 0.4) is 0 Å². The number of ether oxygens (including phenoxy) is 3. The van der Waals surface area contributed by atoms with Crippen LogP contribution in [-0.2, 0) is 0 Å². The highest BCUT2D eigenvalue weighted by molar-refractivity contribution is 9.10. The summed E-state index contributed by atoms with van der Waals surface area (Å²) in [6, 6.07) is 7.44. The zero-order valence-electron chi connectivity index (χ0n) is 18.9. The van der Waals surface area contributed by atoms with Gasteiger partial charge in [0.05, 0.1) is 33.6 Å². The van der Waals surface area contributed by atoms with Crippen LogP contribution in [0.2, 0.25) is 0 Å². The Morgan fingerprint density at radius 2 is 1.74 bits per heavy atom. The van der Waals surface area contributed by atoms with Gasteiger partial charge in [-0.25, -0.2) is 4.68 Å². The van der Waals surface area contributed by atoms with Crippen LogP contribution < -0.4 is 24.8 Å². The first-order valence-electron chi connectivity index (χ1n) is 10.4. The second-order valence-electron chi connectivity index (χ2n) is 7.76. The molecule has 4 rings (SSSR count). The van der Waals surface area contributed by atoms with Gasteiger partial charge in [-0.2, -0.15) is 18.3 Å². The van der Waals surface area contributed by atoms with Crippen LogP contribution >= 0.6 is 15.9 Å². The van der Waals surface area contributed by atoms with E-state index in [0.717, 1.165) is 15.4 Å². The molecule has 0 radical (unpaired) electrons. The van der Waals surface area contributed by atoms with Gasteiger partial charge in [0.15, 0.2) is 17.5 Å². The number of halogens is 4. The van der Waals surface area contributed by atoms with Crippen LogP contribution in [0.25, 0.3) is 0 Å². The predicted molar refractivity (Wildman–Crippen MR) is 126 cm³/mol. The highest BCUT2D eigenvalue weighted by Crippen LogP contribution is 2.45. The van der Waals surface area contributed by atoms with Gasteiger partial charge in [0, 0.05) is 28.7 Å². The van der Waals surface area contributed by atoms with Gasteiger partial charge in [0.2, 0.25) is 5.75 Å². The first-order chi connectivity index (χ1) is 16.7. The molecule has 1 aromatic heterocycles. The quantitative estimate of drug-likeness (QED) is 0.413. The van der Waals surface area contributed by atoms with E-state index in [1.807, 2.05) is 0 Å². The molecule has 3 aromatic rings. The SMILES string of the molecule is COc1cc(NC(=O)c2cnn3c2N[C@@H](c2ccc(Br)cc2)C[C@@H]3C(F)(F)F)cc(OC)c1OC. The maximum absolute atomic E-state index is 13.9. The Labute approximate surface area is 207 Å². The number of carbonyl (C=O) groups is 1. The molecule has 1 amide bonds. The predicted octanol–water partition coefficient (Wildman–Crippen LogP) is 5.58. The molecule has 2 heterocycles. The lowest BCUT2D eigenvalue weighted by atomic mass is 9.96. The van der Waals surface area contributed by atoms with Gasteiger partial charge in [0.1, 0.15) is 11.4 Å². The summed E-state index contributed by atoms with van der Waals surface area (Å²) in [5.74, 6) is 0.291. The minimum atomic E-state index is -4.55. The van der Waals surface area contributed by atoms with Crippen LogP contribution in [0.4, 0.5) is 24.7 Å². The Bertz CT molecular complexity index is 1210. The van der Waals surface area contributed by atoms with Crippen LogP contribution in [0.1, 0.15) is 34.4 Å². The van der Waals surface area contributed by atoms with Gasteiger partial charge >= 0.3 is 6.18 Å². The molecule has 12 heteroatoms. The molecule has 0 unspecified atom stereocenters. The second kappa shape index (κ2) is 9.68. The maximum atomic E-state index is 13.9. The van der Waals surface area contributed by atoms with Crippen molar-refractivity contribution < 1.29 is 32.2 Å². The van der Waals surface area contributed by atoms with Gasteiger partial charge in [-0.05, 0) is 17.7 Å². The zero-order valence-corrected chi connectivity index (χ0v) is 20.5. The number of nitrogens with one attached hydrogen (secondary N) is 2. The smallest absolute Gasteiger partial charge is 0.410 e. The first kappa shape index (κ1) is 24.7. The Morgan fingerprint density at radius 3 is 2.29 bits per heavy atom. The lowest BCUT2D eigenvalue weighted by Gasteiger charge is -2.34. The molecule has 0 bridgehead atoms. The van der Waals surface area contributed by atoms with E-state index in [1.165, 1.54) is 33.5 Å². The Kier molecular flexibility index (Phi) is 6.84. The zero-order chi connectivity index (χ0) is 25.3. The number of methoxy groups -OCH3 is 3. The van der Waals surface area contributed by atoms with Gasteiger partial charge in [-0.1, -0.05) is 28.1 Å². The fraction of sp³-hybridized carbons (Fsp3) is 0.304. The van der Waals surface area contributed by atoms with Crippen molar-refractivity contribution in [1.82, 2.24) is 9.78 Å². The van der Waals surface area contributed by atoms with Crippen molar-refractivity contribution in [3.63, 3.8) is 0 Å². The van der Waals surface area contributed by atoms with Crippen LogP contribution in [-0.4, -0.2) is 43.2 Å². The van der Waals surface area contributed by atoms with Crippen molar-refractivity contribution in [2.45, 2.75) is 24.7 Å². The van der Waals surface area contributed by atoms with E-state index in [0.29, 0.717) is 28.5 Å². The second-order valence-corrected chi connectivity index (χ2v) is 8.68. The molecule has 2 N–H and O–H groups in total. The Morgan fingerprint density at radius 1 is 1.11 bits per heavy atom. The van der Waals surface area contributed by atoms with Crippen LogP contribution in [0.5, 0.6) is 17.2 Å². The van der Waals surface area contributed by atoms with E-state index >= 15 is 0 Å². The topological polar surface area (TPSA) is 86.6 Å². The molecule has 0 aliphatic carbocycles. The highest BCUT2D eigenvalue weighted by Gasteiger charge is 2.47. The van der Waals surface area contributed by atoms with E-state index < -0.39 is 24.2 Å². The van der Waals surface area contributed by atoms with Crippen LogP contribution in [0.15, 0.2) is 47.1 Å². The largest absolute Gasteiger partial charge is 0.493 e. The van der Waals surface area contributed by atoms with E-state index in [1.54, 1.807) is 24.3 Å². The van der Waals surface area contributed by atoms with Gasteiger partial charge < -0.3 is 24.8 Å². The molecule has 186 valence electrons. The number of aromatic nitrogens is 2. The molecule has 1 aliphatic heterocycles. The molecule has 2 atom stereocenters. The molecular formula is C23H22BrF3N4O4. The highest BCUT2D eigenvalue weighted by atomic mass is 79.9. The fourth-order valence-electron chi connectivity index (χ4n) is 3.99. The third-order valence-corrected chi connectivity index (χ3v) is 6.21. The third-order valence-electron chi connectivity index (χ3n) is 5.68. The first-order valence-corrected chi connectivity index (χ1v) is 11.2. The number of benzene rings is 2. The summed E-state index contributed by atoms with van der Waals surface area (Å²) >= 11 is 3.33. The molecule has 8 nitrogen and oxygen atoms in total. The Balaban J connectivity index is 1.69. The van der Waals surface area contributed by atoms with Crippen molar-refractivity contribution in [2.75, 3.05) is 32.0 Å². The van der Waals surface area contributed by atoms with E-state index in [9.17, 15) is 18.0 Å². The lowest BCUT2D eigenvalue weighted by Crippen LogP contribution is -2.36. The minimum Gasteiger partial charge on any atom is -0.493 e. The summed E-state index contributed by atoms with van der Waals surface area (Å²) in [7, 11) is 4.31. The number of fused-ring (bicyclic) bond motifs is 1. The van der Waals surface area contributed by atoms with E-state index in [2.05, 4.69) is 31.7 Å². The van der Waals surface area contributed by atoms with Crippen molar-refractivity contribution in [2.24, 2.45) is 0 Å². The number of anilines is 2. The number of rotatable bonds is 6. The monoisotopic (exact) mass is 554 g/mol. The lowest BCUT2D eigenvalue weighted by molar-refractivity contribution is -0.173. The summed E-state index contributed by atoms with van der Waals surface area (Å²) in [6.07, 6.45) is -3.70. The summed E-state index contributed by atoms with van der Waals surface area (Å²) in [5, 5.41) is 9.64. The van der Waals surface area contributed by atoms with Gasteiger partial charge in [-0.3, -0.25) is 4.79 Å². The number of alkyl halides is 3. The van der Waals surface area contributed by atoms with E-state index in [4.69, 9.17) is 14.2 Å². The molecule has 1 aliphatic rings. The maximum Gasteiger partial charge on any atom is 0.410 e. The average molecular weight is 555 g/mol. The van der Waals surface area contributed by atoms with Crippen molar-refractivity contribution in [3.8, 4) is 17.2 Å². The molecule has 0 fully saturated rings. The molecule has 2 aromatic carbocycles. The summed E-state index contributed by atoms with van der Waals surface area (Å²) in [4.78, 5) is 13.1. The normalized spacial score (nSPS) is 17.2. The molecule has 35 heavy (non-hydrogen) atoms. The molecule has 0 spiro atoms.